The van der Waals surface area contributed by atoms with Crippen LogP contribution in [-0.2, 0) is 0 Å². The molecule has 2 N–H and O–H groups in total. The molecule has 3 rings (SSSR count). The minimum atomic E-state index is -0.791. The predicted molar refractivity (Wildman–Crippen MR) is 118 cm³/mol. The van der Waals surface area contributed by atoms with Gasteiger partial charge in [0.1, 0.15) is 11.4 Å². The second kappa shape index (κ2) is 9.22. The first-order valence-electron chi connectivity index (χ1n) is 8.73. The molecule has 0 aromatic heterocycles. The molecule has 0 heterocycles. The first-order chi connectivity index (χ1) is 14.8. The third-order valence-corrected chi connectivity index (χ3v) is 4.74. The number of methoxy groups -OCH3 is 1. The molecule has 0 radical (unpaired) electrons. The average Bonchev–Trinajstić information content (AvgIpc) is 2.75. The van der Waals surface area contributed by atoms with E-state index in [1.165, 1.54) is 7.11 Å². The lowest BCUT2D eigenvalue weighted by atomic mass is 10.1. The van der Waals surface area contributed by atoms with Crippen molar-refractivity contribution >= 4 is 50.3 Å². The van der Waals surface area contributed by atoms with Crippen molar-refractivity contribution in [1.29, 1.82) is 0 Å². The molecule has 31 heavy (non-hydrogen) atoms. The van der Waals surface area contributed by atoms with E-state index in [0.29, 0.717) is 17.1 Å². The topological polar surface area (TPSA) is 137 Å². The maximum Gasteiger partial charge on any atom is 0.300 e. The summed E-state index contributed by atoms with van der Waals surface area (Å²) in [6, 6.07) is 14.9. The lowest BCUT2D eigenvalue weighted by Gasteiger charge is -2.13. The molecule has 3 aromatic carbocycles. The molecule has 0 aliphatic carbocycles. The second-order valence-corrected chi connectivity index (χ2v) is 7.13. The number of rotatable bonds is 7. The SMILES string of the molecule is COc1ccc(Nc2c(C(=O)Nc3ccc(Br)cc3)cc([N+](=O)[O-])cc2[N+](=O)[O-])cc1. The number of nitro groups is 2. The number of nitro benzene ring substituents is 2. The van der Waals surface area contributed by atoms with Gasteiger partial charge in [-0.15, -0.1) is 0 Å². The summed E-state index contributed by atoms with van der Waals surface area (Å²) in [6.45, 7) is 0. The predicted octanol–water partition coefficient (Wildman–Crippen LogP) is 5.27. The fraction of sp³-hybridized carbons (Fsp3) is 0.0500. The zero-order valence-corrected chi connectivity index (χ0v) is 17.6. The van der Waals surface area contributed by atoms with Crippen LogP contribution in [0.2, 0.25) is 0 Å². The molecule has 158 valence electrons. The number of anilines is 3. The van der Waals surface area contributed by atoms with Crippen molar-refractivity contribution in [3.63, 3.8) is 0 Å². The van der Waals surface area contributed by atoms with Gasteiger partial charge in [-0.2, -0.15) is 0 Å². The van der Waals surface area contributed by atoms with E-state index in [4.69, 9.17) is 4.74 Å². The van der Waals surface area contributed by atoms with Gasteiger partial charge in [-0.1, -0.05) is 15.9 Å². The van der Waals surface area contributed by atoms with E-state index >= 15 is 0 Å². The molecule has 0 fully saturated rings. The minimum absolute atomic E-state index is 0.171. The van der Waals surface area contributed by atoms with Gasteiger partial charge in [0.05, 0.1) is 28.6 Å². The molecule has 0 aliphatic heterocycles. The van der Waals surface area contributed by atoms with Crippen molar-refractivity contribution in [1.82, 2.24) is 0 Å². The van der Waals surface area contributed by atoms with E-state index in [0.717, 1.165) is 16.6 Å². The Hall–Kier alpha value is -3.99. The van der Waals surface area contributed by atoms with E-state index < -0.39 is 27.1 Å². The number of nitrogens with zero attached hydrogens (tertiary/aromatic N) is 2. The Balaban J connectivity index is 2.08. The first kappa shape index (κ1) is 21.7. The van der Waals surface area contributed by atoms with Crippen LogP contribution in [0.1, 0.15) is 10.4 Å². The highest BCUT2D eigenvalue weighted by Crippen LogP contribution is 2.36. The van der Waals surface area contributed by atoms with Crippen LogP contribution in [0.5, 0.6) is 5.75 Å². The summed E-state index contributed by atoms with van der Waals surface area (Å²) in [4.78, 5) is 34.3. The van der Waals surface area contributed by atoms with Gasteiger partial charge in [-0.05, 0) is 48.5 Å². The summed E-state index contributed by atoms with van der Waals surface area (Å²) in [7, 11) is 1.49. The quantitative estimate of drug-likeness (QED) is 0.342. The summed E-state index contributed by atoms with van der Waals surface area (Å²) >= 11 is 3.28. The van der Waals surface area contributed by atoms with Gasteiger partial charge in [0.15, 0.2) is 0 Å². The van der Waals surface area contributed by atoms with Crippen LogP contribution in [0, 0.1) is 20.2 Å². The minimum Gasteiger partial charge on any atom is -0.497 e. The Morgan fingerprint density at radius 2 is 1.55 bits per heavy atom. The van der Waals surface area contributed by atoms with E-state index in [2.05, 4.69) is 26.6 Å². The third kappa shape index (κ3) is 5.14. The fourth-order valence-corrected chi connectivity index (χ4v) is 2.99. The van der Waals surface area contributed by atoms with E-state index in [1.807, 2.05) is 0 Å². The fourth-order valence-electron chi connectivity index (χ4n) is 2.72. The number of amides is 1. The number of ether oxygens (including phenoxy) is 1. The second-order valence-electron chi connectivity index (χ2n) is 6.22. The van der Waals surface area contributed by atoms with Crippen LogP contribution in [0.25, 0.3) is 0 Å². The third-order valence-electron chi connectivity index (χ3n) is 4.22. The number of benzene rings is 3. The maximum atomic E-state index is 12.9. The van der Waals surface area contributed by atoms with Gasteiger partial charge in [-0.3, -0.25) is 25.0 Å². The van der Waals surface area contributed by atoms with Crippen molar-refractivity contribution < 1.29 is 19.4 Å². The number of nitrogens with one attached hydrogen (secondary N) is 2. The Kier molecular flexibility index (Phi) is 6.46. The summed E-state index contributed by atoms with van der Waals surface area (Å²) < 4.78 is 5.87. The molecule has 0 atom stereocenters. The van der Waals surface area contributed by atoms with Crippen LogP contribution in [0.4, 0.5) is 28.4 Å². The number of hydrogen-bond donors (Lipinski definition) is 2. The molecular weight excluding hydrogens is 472 g/mol. The van der Waals surface area contributed by atoms with E-state index in [-0.39, 0.29) is 11.3 Å². The normalized spacial score (nSPS) is 10.3. The standard InChI is InChI=1S/C20H15BrN4O6/c1-31-16-8-6-13(7-9-16)22-19-17(10-15(24(27)28)11-18(19)25(29)30)20(26)23-14-4-2-12(21)3-5-14/h2-11,22H,1H3,(H,23,26). The summed E-state index contributed by atoms with van der Waals surface area (Å²) in [6.07, 6.45) is 0. The van der Waals surface area contributed by atoms with Crippen LogP contribution < -0.4 is 15.4 Å². The highest BCUT2D eigenvalue weighted by molar-refractivity contribution is 9.10. The molecule has 0 bridgehead atoms. The number of carbonyl (C=O) groups is 1. The van der Waals surface area contributed by atoms with Crippen LogP contribution >= 0.6 is 15.9 Å². The van der Waals surface area contributed by atoms with Crippen LogP contribution in [0.15, 0.2) is 65.1 Å². The Labute approximate surface area is 184 Å². The number of non-ortho nitro benzene ring substituents is 1. The number of carbonyl (C=O) groups excluding carboxylic acids is 1. The molecule has 0 saturated heterocycles. The first-order valence-corrected chi connectivity index (χ1v) is 9.52. The van der Waals surface area contributed by atoms with Crippen LogP contribution in [0.3, 0.4) is 0 Å². The lowest BCUT2D eigenvalue weighted by molar-refractivity contribution is -0.393. The summed E-state index contributed by atoms with van der Waals surface area (Å²) in [5.74, 6) is -0.179. The van der Waals surface area contributed by atoms with Crippen molar-refractivity contribution in [2.75, 3.05) is 17.7 Å². The van der Waals surface area contributed by atoms with Gasteiger partial charge >= 0.3 is 0 Å². The highest BCUT2D eigenvalue weighted by atomic mass is 79.9. The monoisotopic (exact) mass is 486 g/mol. The molecule has 10 nitrogen and oxygen atoms in total. The highest BCUT2D eigenvalue weighted by Gasteiger charge is 2.28. The van der Waals surface area contributed by atoms with Gasteiger partial charge in [0.2, 0.25) is 0 Å². The Morgan fingerprint density at radius 3 is 2.10 bits per heavy atom. The summed E-state index contributed by atoms with van der Waals surface area (Å²) in [5.41, 5.74) is -0.762. The molecule has 11 heteroatoms. The molecule has 0 spiro atoms. The Bertz CT molecular complexity index is 1150. The van der Waals surface area contributed by atoms with Crippen molar-refractivity contribution in [3.05, 3.63) is 90.9 Å². The largest absolute Gasteiger partial charge is 0.497 e. The lowest BCUT2D eigenvalue weighted by Crippen LogP contribution is -2.15. The van der Waals surface area contributed by atoms with E-state index in [9.17, 15) is 25.0 Å². The Morgan fingerprint density at radius 1 is 0.935 bits per heavy atom. The van der Waals surface area contributed by atoms with Gasteiger partial charge in [0, 0.05) is 21.9 Å². The zero-order chi connectivity index (χ0) is 22.5. The van der Waals surface area contributed by atoms with Crippen molar-refractivity contribution in [2.45, 2.75) is 0 Å². The average molecular weight is 487 g/mol. The molecule has 0 unspecified atom stereocenters. The smallest absolute Gasteiger partial charge is 0.300 e. The summed E-state index contributed by atoms with van der Waals surface area (Å²) in [5, 5.41) is 28.4. The van der Waals surface area contributed by atoms with Crippen molar-refractivity contribution in [3.8, 4) is 5.75 Å². The molecular formula is C20H15BrN4O6. The molecule has 3 aromatic rings. The molecule has 0 aliphatic rings. The van der Waals surface area contributed by atoms with Crippen LogP contribution in [-0.4, -0.2) is 22.9 Å². The maximum absolute atomic E-state index is 12.9. The zero-order valence-electron chi connectivity index (χ0n) is 16.0. The van der Waals surface area contributed by atoms with Gasteiger partial charge in [0.25, 0.3) is 17.3 Å². The van der Waals surface area contributed by atoms with Gasteiger partial charge in [-0.25, -0.2) is 0 Å². The van der Waals surface area contributed by atoms with Crippen molar-refractivity contribution in [2.24, 2.45) is 0 Å². The molecule has 0 saturated carbocycles. The number of hydrogen-bond acceptors (Lipinski definition) is 7. The number of halogens is 1. The molecule has 1 amide bonds. The van der Waals surface area contributed by atoms with E-state index in [1.54, 1.807) is 48.5 Å². The van der Waals surface area contributed by atoms with Gasteiger partial charge < -0.3 is 15.4 Å².